The molecule has 13 heavy (non-hydrogen) atoms. The number of halogens is 1. The van der Waals surface area contributed by atoms with Gasteiger partial charge in [0.05, 0.1) is 0 Å². The third kappa shape index (κ3) is 2.37. The van der Waals surface area contributed by atoms with Crippen LogP contribution in [-0.4, -0.2) is 63.3 Å². The standard InChI is InChI=1S/C7H14ClGeNO3/c8-7-9-11-4-1-10(2-5-12-9)3-6-13-9/h1-7H2. The van der Waals surface area contributed by atoms with E-state index < -0.39 is 14.3 Å². The Morgan fingerprint density at radius 2 is 1.46 bits per heavy atom. The Labute approximate surface area is 86.5 Å². The first kappa shape index (κ1) is 10.2. The van der Waals surface area contributed by atoms with E-state index in [0.29, 0.717) is 24.5 Å². The molecule has 0 aliphatic carbocycles. The Morgan fingerprint density at radius 3 is 1.85 bits per heavy atom. The van der Waals surface area contributed by atoms with Gasteiger partial charge in [-0.25, -0.2) is 0 Å². The van der Waals surface area contributed by atoms with Crippen LogP contribution in [0.5, 0.6) is 0 Å². The molecule has 0 aromatic heterocycles. The first-order valence-electron chi connectivity index (χ1n) is 4.55. The second-order valence-corrected chi connectivity index (χ2v) is 9.84. The second kappa shape index (κ2) is 4.46. The summed E-state index contributed by atoms with van der Waals surface area (Å²) in [4.78, 5) is 2.29. The number of fused-ring (bicyclic) bond motifs is 6. The molecule has 4 nitrogen and oxygen atoms in total. The molecule has 3 heterocycles. The quantitative estimate of drug-likeness (QED) is 0.498. The molecule has 76 valence electrons. The zero-order valence-corrected chi connectivity index (χ0v) is 10.4. The Kier molecular flexibility index (Phi) is 3.50. The van der Waals surface area contributed by atoms with Crippen molar-refractivity contribution in [3.63, 3.8) is 0 Å². The van der Waals surface area contributed by atoms with Crippen LogP contribution in [0.1, 0.15) is 0 Å². The van der Waals surface area contributed by atoms with Crippen molar-refractivity contribution in [2.45, 2.75) is 0 Å². The Bertz CT molecular complexity index is 157. The predicted octanol–water partition coefficient (Wildman–Crippen LogP) is 0.0823. The van der Waals surface area contributed by atoms with Crippen LogP contribution in [0.2, 0.25) is 0 Å². The summed E-state index contributed by atoms with van der Waals surface area (Å²) in [6.45, 7) is 5.05. The number of alkyl halides is 1. The molecule has 0 unspecified atom stereocenters. The molecule has 3 aliphatic heterocycles. The summed E-state index contributed by atoms with van der Waals surface area (Å²) in [5, 5.41) is 0. The molecule has 0 amide bonds. The van der Waals surface area contributed by atoms with Crippen molar-refractivity contribution in [2.75, 3.05) is 44.2 Å². The molecule has 0 spiro atoms. The van der Waals surface area contributed by atoms with E-state index in [2.05, 4.69) is 4.90 Å². The van der Waals surface area contributed by atoms with E-state index in [1.54, 1.807) is 0 Å². The van der Waals surface area contributed by atoms with E-state index >= 15 is 0 Å². The Balaban J connectivity index is 2.07. The molecule has 3 saturated heterocycles. The van der Waals surface area contributed by atoms with Crippen molar-refractivity contribution in [3.8, 4) is 0 Å². The maximum absolute atomic E-state index is 5.85. The SMILES string of the molecule is Cl[CH2][Ge]12[O]CCN(CC[O]1)CC[O]2. The van der Waals surface area contributed by atoms with Gasteiger partial charge >= 0.3 is 86.2 Å². The van der Waals surface area contributed by atoms with Crippen LogP contribution in [0.15, 0.2) is 0 Å². The molecule has 0 aromatic rings. The van der Waals surface area contributed by atoms with Gasteiger partial charge in [0.2, 0.25) is 0 Å². The average Bonchev–Trinajstić information content (AvgIpc) is 2.01. The summed E-state index contributed by atoms with van der Waals surface area (Å²) in [5.74, 6) is 0. The van der Waals surface area contributed by atoms with Gasteiger partial charge in [0.25, 0.3) is 0 Å². The van der Waals surface area contributed by atoms with Crippen molar-refractivity contribution in [1.82, 2.24) is 4.90 Å². The van der Waals surface area contributed by atoms with Crippen LogP contribution in [0.3, 0.4) is 0 Å². The van der Waals surface area contributed by atoms with Crippen LogP contribution in [0.4, 0.5) is 0 Å². The molecule has 3 aliphatic rings. The Hall–Kier alpha value is 0.673. The van der Waals surface area contributed by atoms with Gasteiger partial charge in [0.15, 0.2) is 0 Å². The van der Waals surface area contributed by atoms with Crippen LogP contribution < -0.4 is 0 Å². The minimum atomic E-state index is -2.98. The summed E-state index contributed by atoms with van der Waals surface area (Å²) in [6.07, 6.45) is 0. The molecule has 6 heteroatoms. The number of hydrogen-bond donors (Lipinski definition) is 0. The zero-order chi connectivity index (χ0) is 9.15. The Morgan fingerprint density at radius 1 is 1.00 bits per heavy atom. The molecular weight excluding hydrogens is 254 g/mol. The van der Waals surface area contributed by atoms with Gasteiger partial charge in [-0.1, -0.05) is 0 Å². The molecular formula is C7H14ClGeNO3. The first-order chi connectivity index (χ1) is 6.35. The van der Waals surface area contributed by atoms with Crippen LogP contribution in [-0.2, 0) is 11.3 Å². The number of nitrogens with zero attached hydrogens (tertiary/aromatic N) is 1. The maximum atomic E-state index is 5.85. The van der Waals surface area contributed by atoms with Gasteiger partial charge in [0, 0.05) is 0 Å². The van der Waals surface area contributed by atoms with Crippen LogP contribution >= 0.6 is 11.6 Å². The summed E-state index contributed by atoms with van der Waals surface area (Å²) < 4.78 is 17.4. The molecule has 2 bridgehead atoms. The van der Waals surface area contributed by atoms with E-state index in [9.17, 15) is 0 Å². The van der Waals surface area contributed by atoms with E-state index in [1.165, 1.54) is 0 Å². The summed E-state index contributed by atoms with van der Waals surface area (Å²) in [5.41, 5.74) is 0. The minimum absolute atomic E-state index is 0.417. The van der Waals surface area contributed by atoms with Gasteiger partial charge in [-0.2, -0.15) is 0 Å². The summed E-state index contributed by atoms with van der Waals surface area (Å²) in [6, 6.07) is 0. The van der Waals surface area contributed by atoms with E-state index in [1.807, 2.05) is 0 Å². The van der Waals surface area contributed by atoms with Crippen molar-refractivity contribution in [1.29, 1.82) is 0 Å². The first-order valence-corrected chi connectivity index (χ1v) is 9.14. The topological polar surface area (TPSA) is 30.9 Å². The van der Waals surface area contributed by atoms with E-state index in [4.69, 9.17) is 22.9 Å². The van der Waals surface area contributed by atoms with Crippen molar-refractivity contribution in [3.05, 3.63) is 0 Å². The van der Waals surface area contributed by atoms with Gasteiger partial charge in [-0.05, 0) is 0 Å². The van der Waals surface area contributed by atoms with Crippen molar-refractivity contribution < 1.29 is 11.3 Å². The van der Waals surface area contributed by atoms with E-state index in [-0.39, 0.29) is 0 Å². The summed E-state index contributed by atoms with van der Waals surface area (Å²) >= 11 is 2.87. The fourth-order valence-electron chi connectivity index (χ4n) is 1.57. The predicted molar refractivity (Wildman–Crippen MR) is 50.8 cm³/mol. The fraction of sp³-hybridized carbons (Fsp3) is 1.00. The van der Waals surface area contributed by atoms with Gasteiger partial charge < -0.3 is 0 Å². The number of rotatable bonds is 1. The van der Waals surface area contributed by atoms with E-state index in [0.717, 1.165) is 19.6 Å². The molecule has 0 N–H and O–H groups in total. The van der Waals surface area contributed by atoms with Crippen LogP contribution in [0.25, 0.3) is 0 Å². The van der Waals surface area contributed by atoms with Gasteiger partial charge in [0.1, 0.15) is 0 Å². The van der Waals surface area contributed by atoms with Gasteiger partial charge in [-0.15, -0.1) is 0 Å². The normalized spacial score (nSPS) is 40.8. The monoisotopic (exact) mass is 269 g/mol. The number of hydrogen-bond acceptors (Lipinski definition) is 4. The molecule has 0 atom stereocenters. The van der Waals surface area contributed by atoms with Gasteiger partial charge in [-0.3, -0.25) is 0 Å². The third-order valence-corrected chi connectivity index (χ3v) is 8.79. The van der Waals surface area contributed by atoms with Crippen molar-refractivity contribution >= 4 is 25.9 Å². The third-order valence-electron chi connectivity index (χ3n) is 2.35. The zero-order valence-electron chi connectivity index (χ0n) is 7.50. The second-order valence-electron chi connectivity index (χ2n) is 3.20. The fourth-order valence-corrected chi connectivity index (χ4v) is 6.31. The van der Waals surface area contributed by atoms with Crippen molar-refractivity contribution in [2.24, 2.45) is 0 Å². The molecule has 0 aromatic carbocycles. The molecule has 3 rings (SSSR count). The molecule has 3 fully saturated rings. The average molecular weight is 268 g/mol. The summed E-state index contributed by atoms with van der Waals surface area (Å²) in [7, 11) is 0. The molecule has 0 radical (unpaired) electrons. The van der Waals surface area contributed by atoms with Crippen LogP contribution in [0, 0.1) is 0 Å². The molecule has 0 saturated carbocycles.